The Labute approximate surface area is 359 Å². The van der Waals surface area contributed by atoms with Crippen LogP contribution in [0.25, 0.3) is 0 Å². The first-order valence-electron chi connectivity index (χ1n) is 20.9. The second kappa shape index (κ2) is 30.8. The molecule has 0 amide bonds. The zero-order valence-electron chi connectivity index (χ0n) is 35.3. The Morgan fingerprint density at radius 3 is 0.967 bits per heavy atom. The van der Waals surface area contributed by atoms with Crippen molar-refractivity contribution in [2.45, 2.75) is 77.0 Å². The lowest BCUT2D eigenvalue weighted by atomic mass is 10.2. The molecule has 15 heteroatoms. The van der Waals surface area contributed by atoms with Gasteiger partial charge in [-0.1, -0.05) is 10.3 Å². The summed E-state index contributed by atoms with van der Waals surface area (Å²) in [6.45, 7) is 3.66. The van der Waals surface area contributed by atoms with Crippen LogP contribution in [0.1, 0.15) is 93.7 Å². The fourth-order valence-corrected chi connectivity index (χ4v) is 5.83. The summed E-state index contributed by atoms with van der Waals surface area (Å²) < 4.78 is 36.0. The number of unbranched alkanes of at least 4 members (excludes halogenated alkanes) is 9. The summed E-state index contributed by atoms with van der Waals surface area (Å²) in [7, 11) is 1.43. The average Bonchev–Trinajstić information content (AvgIpc) is 3.29. The van der Waals surface area contributed by atoms with Gasteiger partial charge in [0.25, 0.3) is 0 Å². The van der Waals surface area contributed by atoms with Gasteiger partial charge >= 0.3 is 0 Å². The summed E-state index contributed by atoms with van der Waals surface area (Å²) in [5.41, 5.74) is 15.1. The van der Waals surface area contributed by atoms with Gasteiger partial charge in [-0.25, -0.2) is 5.48 Å². The van der Waals surface area contributed by atoms with E-state index in [1.54, 1.807) is 29.7 Å². The summed E-state index contributed by atoms with van der Waals surface area (Å²) >= 11 is 0. The number of ether oxygens (including phenoxy) is 6. The molecule has 61 heavy (non-hydrogen) atoms. The highest BCUT2D eigenvalue weighted by Crippen LogP contribution is 2.29. The highest BCUT2D eigenvalue weighted by molar-refractivity contribution is 5.97. The van der Waals surface area contributed by atoms with Crippen LogP contribution in [0.15, 0.2) is 101 Å². The summed E-state index contributed by atoms with van der Waals surface area (Å²) in [6.07, 6.45) is 13.0. The molecule has 0 aromatic heterocycles. The third-order valence-corrected chi connectivity index (χ3v) is 9.14. The first kappa shape index (κ1) is 49.2. The topological polar surface area (TPSA) is 229 Å². The summed E-state index contributed by atoms with van der Waals surface area (Å²) in [5, 5.41) is 38.3. The Balaban J connectivity index is 0.00000321. The van der Waals surface area contributed by atoms with Gasteiger partial charge in [0.05, 0.1) is 39.6 Å². The number of nitrogens with zero attached hydrogens (tertiary/aromatic N) is 2. The number of nitrogens with two attached hydrogens (primary N) is 2. The molecule has 0 atom stereocenters. The maximum Gasteiger partial charge on any atom is 0.170 e. The van der Waals surface area contributed by atoms with Crippen LogP contribution in [0, 0.1) is 5.41 Å². The van der Waals surface area contributed by atoms with E-state index in [4.69, 9.17) is 60.9 Å². The standard InChI is InChI=1S/C45H59N5O8.CH5NO/c46-34-35-13-19-38(20-14-35)53-25-7-1-4-10-28-56-41-31-42(57-29-11-5-2-8-26-54-39-21-15-36(16-22-39)44(47)49-51)33-43(32-41)58-30-12-6-3-9-27-55-40-23-17-37(18-24-40)45(48)50-52;1-2-3/h13-24,31-34,46,51-52H,1-12,25-30H2,(H2,47,49)(H2,48,50);2-3H,1H3. The zero-order chi connectivity index (χ0) is 43.8. The number of hydrogen-bond donors (Lipinski definition) is 7. The van der Waals surface area contributed by atoms with Crippen LogP contribution >= 0.6 is 0 Å². The predicted octanol–water partition coefficient (Wildman–Crippen LogP) is 8.52. The molecular formula is C46H64N6O9. The van der Waals surface area contributed by atoms with E-state index in [9.17, 15) is 0 Å². The molecule has 9 N–H and O–H groups in total. The van der Waals surface area contributed by atoms with Gasteiger partial charge in [-0.3, -0.25) is 0 Å². The quantitative estimate of drug-likeness (QED) is 0.00861. The maximum absolute atomic E-state index is 8.81. The molecule has 0 aliphatic heterocycles. The number of hydrogen-bond acceptors (Lipinski definition) is 13. The molecule has 0 fully saturated rings. The van der Waals surface area contributed by atoms with Crippen LogP contribution in [0.3, 0.4) is 0 Å². The molecule has 0 saturated carbocycles. The van der Waals surface area contributed by atoms with E-state index in [1.165, 1.54) is 13.3 Å². The van der Waals surface area contributed by atoms with E-state index in [-0.39, 0.29) is 11.7 Å². The third kappa shape index (κ3) is 21.1. The normalized spacial score (nSPS) is 11.2. The van der Waals surface area contributed by atoms with Crippen LogP contribution in [-0.4, -0.2) is 80.2 Å². The average molecular weight is 845 g/mol. The Bertz CT molecular complexity index is 1730. The number of oxime groups is 2. The Kier molecular flexibility index (Phi) is 24.8. The van der Waals surface area contributed by atoms with Gasteiger partial charge in [0.1, 0.15) is 34.5 Å². The number of hydroxylamine groups is 1. The van der Waals surface area contributed by atoms with Crippen molar-refractivity contribution in [3.05, 3.63) is 108 Å². The van der Waals surface area contributed by atoms with Crippen LogP contribution < -0.4 is 45.4 Å². The van der Waals surface area contributed by atoms with Crippen LogP contribution in [0.5, 0.6) is 34.5 Å². The van der Waals surface area contributed by atoms with Crippen LogP contribution in [0.4, 0.5) is 0 Å². The van der Waals surface area contributed by atoms with Crippen molar-refractivity contribution in [1.82, 2.24) is 5.48 Å². The molecule has 0 spiro atoms. The van der Waals surface area contributed by atoms with Gasteiger partial charge in [-0.2, -0.15) is 0 Å². The second-order valence-corrected chi connectivity index (χ2v) is 13.9. The lowest BCUT2D eigenvalue weighted by Crippen LogP contribution is -2.12. The summed E-state index contributed by atoms with van der Waals surface area (Å²) in [4.78, 5) is 0. The van der Waals surface area contributed by atoms with Crippen molar-refractivity contribution in [2.24, 2.45) is 21.8 Å². The Hall–Kier alpha value is -6.19. The van der Waals surface area contributed by atoms with Crippen molar-refractivity contribution in [2.75, 3.05) is 46.7 Å². The fraction of sp³-hybridized carbons (Fsp3) is 0.413. The number of nitrogens with one attached hydrogen (secondary N) is 2. The lowest BCUT2D eigenvalue weighted by molar-refractivity contribution is 0.194. The van der Waals surface area contributed by atoms with Crippen molar-refractivity contribution in [1.29, 1.82) is 5.41 Å². The van der Waals surface area contributed by atoms with E-state index >= 15 is 0 Å². The van der Waals surface area contributed by atoms with Gasteiger partial charge in [0, 0.05) is 42.6 Å². The van der Waals surface area contributed by atoms with Crippen LogP contribution in [-0.2, 0) is 0 Å². The maximum atomic E-state index is 8.81. The predicted molar refractivity (Wildman–Crippen MR) is 238 cm³/mol. The zero-order valence-corrected chi connectivity index (χ0v) is 35.3. The lowest BCUT2D eigenvalue weighted by Gasteiger charge is -2.14. The van der Waals surface area contributed by atoms with E-state index in [0.717, 1.165) is 117 Å². The second-order valence-electron chi connectivity index (χ2n) is 13.9. The highest BCUT2D eigenvalue weighted by atomic mass is 16.5. The monoisotopic (exact) mass is 844 g/mol. The molecule has 0 aliphatic rings. The minimum absolute atomic E-state index is 0.0685. The van der Waals surface area contributed by atoms with Crippen molar-refractivity contribution in [3.8, 4) is 34.5 Å². The molecule has 4 rings (SSSR count). The van der Waals surface area contributed by atoms with Crippen molar-refractivity contribution in [3.63, 3.8) is 0 Å². The first-order valence-corrected chi connectivity index (χ1v) is 20.9. The van der Waals surface area contributed by atoms with Gasteiger partial charge in [0.15, 0.2) is 11.7 Å². The van der Waals surface area contributed by atoms with Gasteiger partial charge in [-0.15, -0.1) is 0 Å². The number of amidine groups is 2. The van der Waals surface area contributed by atoms with Crippen molar-refractivity contribution >= 4 is 17.9 Å². The number of rotatable bonds is 30. The minimum atomic E-state index is 0.0685. The summed E-state index contributed by atoms with van der Waals surface area (Å²) in [5.74, 6) is 4.65. The molecule has 0 radical (unpaired) electrons. The Morgan fingerprint density at radius 2 is 0.721 bits per heavy atom. The molecule has 0 heterocycles. The summed E-state index contributed by atoms with van der Waals surface area (Å²) in [6, 6.07) is 27.7. The molecule has 0 bridgehead atoms. The fourth-order valence-electron chi connectivity index (χ4n) is 5.83. The molecule has 332 valence electrons. The minimum Gasteiger partial charge on any atom is -0.494 e. The van der Waals surface area contributed by atoms with E-state index in [2.05, 4.69) is 10.3 Å². The van der Waals surface area contributed by atoms with E-state index in [1.807, 2.05) is 66.7 Å². The largest absolute Gasteiger partial charge is 0.494 e. The van der Waals surface area contributed by atoms with Crippen LogP contribution in [0.2, 0.25) is 0 Å². The molecular weight excluding hydrogens is 781 g/mol. The smallest absolute Gasteiger partial charge is 0.170 e. The molecule has 0 unspecified atom stereocenters. The Morgan fingerprint density at radius 1 is 0.475 bits per heavy atom. The third-order valence-electron chi connectivity index (χ3n) is 9.14. The molecule has 15 nitrogen and oxygen atoms in total. The number of benzene rings is 4. The highest BCUT2D eigenvalue weighted by Gasteiger charge is 2.07. The van der Waals surface area contributed by atoms with E-state index in [0.29, 0.717) is 50.8 Å². The molecule has 4 aromatic carbocycles. The van der Waals surface area contributed by atoms with Gasteiger partial charge in [0.2, 0.25) is 0 Å². The van der Waals surface area contributed by atoms with E-state index < -0.39 is 0 Å². The molecule has 4 aromatic rings. The van der Waals surface area contributed by atoms with Crippen molar-refractivity contribution < 1.29 is 44.0 Å². The SMILES string of the molecule is CNO.N=Cc1ccc(OCCCCCCOc2cc(OCCCCCCOc3ccc(/C(N)=N/O)cc3)cc(OCCCCCCOc3ccc(/C(N)=N/O)cc3)c2)cc1. The molecule has 0 aliphatic carbocycles. The molecule has 0 saturated heterocycles. The first-order chi connectivity index (χ1) is 29.9. The van der Waals surface area contributed by atoms with Gasteiger partial charge < -0.3 is 60.9 Å². The van der Waals surface area contributed by atoms with Gasteiger partial charge in [-0.05, 0) is 155 Å².